The van der Waals surface area contributed by atoms with Gasteiger partial charge in [-0.15, -0.1) is 0 Å². The molecule has 0 radical (unpaired) electrons. The van der Waals surface area contributed by atoms with Gasteiger partial charge in [-0.2, -0.15) is 0 Å². The van der Waals surface area contributed by atoms with E-state index in [1.807, 2.05) is 31.2 Å². The molecular formula is C14H16BrNO3. The van der Waals surface area contributed by atoms with Crippen molar-refractivity contribution in [2.24, 2.45) is 0 Å². The Hall–Kier alpha value is -1.62. The molecule has 0 aliphatic rings. The Morgan fingerprint density at radius 3 is 2.53 bits per heavy atom. The highest BCUT2D eigenvalue weighted by molar-refractivity contribution is 9.10. The predicted molar refractivity (Wildman–Crippen MR) is 76.8 cm³/mol. The number of halogens is 1. The number of aliphatic carboxylic acids is 1. The minimum atomic E-state index is -1.03. The number of carbonyl (C=O) groups is 2. The first-order chi connectivity index (χ1) is 9.02. The highest BCUT2D eigenvalue weighted by Gasteiger charge is 2.18. The molecule has 1 unspecified atom stereocenters. The summed E-state index contributed by atoms with van der Waals surface area (Å²) in [6.45, 7) is 1.81. The molecule has 1 atom stereocenters. The van der Waals surface area contributed by atoms with E-state index in [2.05, 4.69) is 21.2 Å². The summed E-state index contributed by atoms with van der Waals surface area (Å²) in [5, 5.41) is 11.5. The number of benzene rings is 1. The van der Waals surface area contributed by atoms with Crippen LogP contribution in [0.2, 0.25) is 0 Å². The zero-order chi connectivity index (χ0) is 14.3. The van der Waals surface area contributed by atoms with Crippen LogP contribution in [0.3, 0.4) is 0 Å². The quantitative estimate of drug-likeness (QED) is 0.790. The molecule has 2 N–H and O–H groups in total. The van der Waals surface area contributed by atoms with Crippen LogP contribution in [0.1, 0.15) is 18.9 Å². The van der Waals surface area contributed by atoms with Crippen LogP contribution >= 0.6 is 15.9 Å². The lowest BCUT2D eigenvalue weighted by molar-refractivity contribution is -0.141. The fraction of sp³-hybridized carbons (Fsp3) is 0.286. The first kappa shape index (κ1) is 15.4. The maximum Gasteiger partial charge on any atom is 0.326 e. The monoisotopic (exact) mass is 325 g/mol. The van der Waals surface area contributed by atoms with Crippen molar-refractivity contribution in [2.75, 3.05) is 0 Å². The molecule has 19 heavy (non-hydrogen) atoms. The Morgan fingerprint density at radius 1 is 1.37 bits per heavy atom. The van der Waals surface area contributed by atoms with E-state index in [0.717, 1.165) is 10.0 Å². The van der Waals surface area contributed by atoms with Crippen molar-refractivity contribution in [1.29, 1.82) is 0 Å². The van der Waals surface area contributed by atoms with Crippen molar-refractivity contribution in [3.05, 3.63) is 46.5 Å². The number of rotatable bonds is 6. The molecule has 0 bridgehead atoms. The van der Waals surface area contributed by atoms with Crippen molar-refractivity contribution in [1.82, 2.24) is 5.32 Å². The van der Waals surface area contributed by atoms with Crippen LogP contribution in [0.15, 0.2) is 40.9 Å². The highest BCUT2D eigenvalue weighted by Crippen LogP contribution is 2.11. The third kappa shape index (κ3) is 5.70. The number of carbonyl (C=O) groups excluding carboxylic acids is 1. The van der Waals surface area contributed by atoms with Gasteiger partial charge in [0.1, 0.15) is 6.04 Å². The van der Waals surface area contributed by atoms with Crippen LogP contribution in [0.5, 0.6) is 0 Å². The standard InChI is InChI=1S/C14H16BrNO3/c1-2-3-4-12(14(18)19)16-13(17)9-10-5-7-11(15)8-6-10/h2-3,5-8,12H,4,9H2,1H3,(H,16,17)(H,18,19)/b3-2+. The van der Waals surface area contributed by atoms with Gasteiger partial charge in [-0.05, 0) is 31.0 Å². The summed E-state index contributed by atoms with van der Waals surface area (Å²) in [6, 6.07) is 6.46. The van der Waals surface area contributed by atoms with Gasteiger partial charge in [0, 0.05) is 4.47 Å². The maximum absolute atomic E-state index is 11.8. The van der Waals surface area contributed by atoms with E-state index >= 15 is 0 Å². The predicted octanol–water partition coefficient (Wildman–Crippen LogP) is 2.53. The number of carboxylic acid groups (broad SMARTS) is 1. The lowest BCUT2D eigenvalue weighted by Crippen LogP contribution is -2.41. The van der Waals surface area contributed by atoms with Crippen LogP contribution in [0.4, 0.5) is 0 Å². The topological polar surface area (TPSA) is 66.4 Å². The number of allylic oxidation sites excluding steroid dienone is 1. The molecule has 0 fully saturated rings. The Morgan fingerprint density at radius 2 is 2.00 bits per heavy atom. The van der Waals surface area contributed by atoms with E-state index in [9.17, 15) is 9.59 Å². The fourth-order valence-electron chi connectivity index (χ4n) is 1.53. The van der Waals surface area contributed by atoms with Crippen molar-refractivity contribution in [3.63, 3.8) is 0 Å². The molecule has 0 saturated carbocycles. The van der Waals surface area contributed by atoms with Gasteiger partial charge in [-0.3, -0.25) is 4.79 Å². The molecular weight excluding hydrogens is 310 g/mol. The number of amides is 1. The van der Waals surface area contributed by atoms with E-state index < -0.39 is 12.0 Å². The fourth-order valence-corrected chi connectivity index (χ4v) is 1.79. The normalized spacial score (nSPS) is 12.3. The second kappa shape index (κ2) is 7.74. The van der Waals surface area contributed by atoms with Crippen molar-refractivity contribution >= 4 is 27.8 Å². The zero-order valence-corrected chi connectivity index (χ0v) is 12.2. The number of hydrogen-bond donors (Lipinski definition) is 2. The smallest absolute Gasteiger partial charge is 0.326 e. The first-order valence-corrected chi connectivity index (χ1v) is 6.70. The maximum atomic E-state index is 11.8. The van der Waals surface area contributed by atoms with E-state index in [-0.39, 0.29) is 18.7 Å². The van der Waals surface area contributed by atoms with Gasteiger partial charge in [0.25, 0.3) is 0 Å². The van der Waals surface area contributed by atoms with Gasteiger partial charge in [0.2, 0.25) is 5.91 Å². The van der Waals surface area contributed by atoms with Gasteiger partial charge in [-0.25, -0.2) is 4.79 Å². The molecule has 0 aromatic heterocycles. The molecule has 1 rings (SSSR count). The SMILES string of the molecule is C/C=C/CC(NC(=O)Cc1ccc(Br)cc1)C(=O)O. The van der Waals surface area contributed by atoms with E-state index in [0.29, 0.717) is 0 Å². The van der Waals surface area contributed by atoms with Gasteiger partial charge in [-0.1, -0.05) is 40.2 Å². The number of nitrogens with one attached hydrogen (secondary N) is 1. The molecule has 1 aromatic carbocycles. The van der Waals surface area contributed by atoms with Crippen LogP contribution in [0.25, 0.3) is 0 Å². The van der Waals surface area contributed by atoms with E-state index in [1.165, 1.54) is 0 Å². The van der Waals surface area contributed by atoms with Crippen LogP contribution in [-0.2, 0) is 16.0 Å². The number of carboxylic acids is 1. The minimum Gasteiger partial charge on any atom is -0.480 e. The van der Waals surface area contributed by atoms with Gasteiger partial charge >= 0.3 is 5.97 Å². The lowest BCUT2D eigenvalue weighted by Gasteiger charge is -2.12. The summed E-state index contributed by atoms with van der Waals surface area (Å²) in [6.07, 6.45) is 3.94. The second-order valence-electron chi connectivity index (χ2n) is 4.07. The van der Waals surface area contributed by atoms with Gasteiger partial charge in [0.05, 0.1) is 6.42 Å². The molecule has 1 amide bonds. The van der Waals surface area contributed by atoms with Crippen molar-refractivity contribution < 1.29 is 14.7 Å². The minimum absolute atomic E-state index is 0.174. The Bertz CT molecular complexity index is 468. The lowest BCUT2D eigenvalue weighted by atomic mass is 10.1. The summed E-state index contributed by atoms with van der Waals surface area (Å²) in [7, 11) is 0. The first-order valence-electron chi connectivity index (χ1n) is 5.90. The Labute approximate surface area is 120 Å². The summed E-state index contributed by atoms with van der Waals surface area (Å²) in [5.41, 5.74) is 0.843. The second-order valence-corrected chi connectivity index (χ2v) is 4.98. The summed E-state index contributed by atoms with van der Waals surface area (Å²) in [5.74, 6) is -1.32. The van der Waals surface area contributed by atoms with E-state index in [4.69, 9.17) is 5.11 Å². The zero-order valence-electron chi connectivity index (χ0n) is 10.6. The molecule has 0 spiro atoms. The highest BCUT2D eigenvalue weighted by atomic mass is 79.9. The molecule has 1 aromatic rings. The molecule has 4 nitrogen and oxygen atoms in total. The summed E-state index contributed by atoms with van der Waals surface area (Å²) >= 11 is 3.31. The largest absolute Gasteiger partial charge is 0.480 e. The van der Waals surface area contributed by atoms with Crippen molar-refractivity contribution in [3.8, 4) is 0 Å². The summed E-state index contributed by atoms with van der Waals surface area (Å²) in [4.78, 5) is 22.7. The molecule has 0 aliphatic heterocycles. The van der Waals surface area contributed by atoms with E-state index in [1.54, 1.807) is 12.2 Å². The third-order valence-electron chi connectivity index (χ3n) is 2.52. The molecule has 5 heteroatoms. The van der Waals surface area contributed by atoms with Crippen LogP contribution in [-0.4, -0.2) is 23.0 Å². The molecule has 0 saturated heterocycles. The molecule has 102 valence electrons. The summed E-state index contributed by atoms with van der Waals surface area (Å²) < 4.78 is 0.938. The third-order valence-corrected chi connectivity index (χ3v) is 3.05. The molecule has 0 heterocycles. The van der Waals surface area contributed by atoms with Crippen LogP contribution in [0, 0.1) is 0 Å². The average molecular weight is 326 g/mol. The Balaban J connectivity index is 2.57. The Kier molecular flexibility index (Phi) is 6.29. The van der Waals surface area contributed by atoms with Crippen LogP contribution < -0.4 is 5.32 Å². The van der Waals surface area contributed by atoms with Gasteiger partial charge in [0.15, 0.2) is 0 Å². The van der Waals surface area contributed by atoms with Gasteiger partial charge < -0.3 is 10.4 Å². The number of hydrogen-bond acceptors (Lipinski definition) is 2. The molecule has 0 aliphatic carbocycles. The average Bonchev–Trinajstić information content (AvgIpc) is 2.37. The van der Waals surface area contributed by atoms with Crippen molar-refractivity contribution in [2.45, 2.75) is 25.8 Å².